The fraction of sp³-hybridized carbons (Fsp3) is 0.533. The van der Waals surface area contributed by atoms with Crippen LogP contribution in [0.4, 0.5) is 0 Å². The summed E-state index contributed by atoms with van der Waals surface area (Å²) in [6.07, 6.45) is 1.79. The molecule has 0 saturated carbocycles. The van der Waals surface area contributed by atoms with Gasteiger partial charge in [-0.3, -0.25) is 4.98 Å². The van der Waals surface area contributed by atoms with Crippen LogP contribution in [-0.4, -0.2) is 28.2 Å². The van der Waals surface area contributed by atoms with Crippen molar-refractivity contribution >= 4 is 11.5 Å². The zero-order valence-corrected chi connectivity index (χ0v) is 14.0. The van der Waals surface area contributed by atoms with E-state index in [2.05, 4.69) is 47.6 Å². The topological polar surface area (TPSA) is 59.9 Å². The molecule has 0 saturated heterocycles. The maximum Gasteiger partial charge on any atom is 0.142 e. The van der Waals surface area contributed by atoms with Gasteiger partial charge in [0.05, 0.1) is 23.7 Å². The van der Waals surface area contributed by atoms with Crippen molar-refractivity contribution in [3.05, 3.63) is 34.6 Å². The molecule has 2 aromatic heterocycles. The fourth-order valence-electron chi connectivity index (χ4n) is 2.22. The Bertz CT molecular complexity index is 591. The molecule has 0 spiro atoms. The van der Waals surface area contributed by atoms with Gasteiger partial charge in [0, 0.05) is 11.6 Å². The highest BCUT2D eigenvalue weighted by molar-refractivity contribution is 7.05. The molecule has 2 aromatic rings. The number of nitrogens with zero attached hydrogens (tertiary/aromatic N) is 3. The molecular weight excluding hydrogens is 284 g/mol. The molecule has 0 aliphatic carbocycles. The first-order valence-corrected chi connectivity index (χ1v) is 7.81. The van der Waals surface area contributed by atoms with Gasteiger partial charge in [-0.1, -0.05) is 32.2 Å². The largest absolute Gasteiger partial charge is 0.495 e. The van der Waals surface area contributed by atoms with E-state index in [1.165, 1.54) is 11.5 Å². The maximum absolute atomic E-state index is 5.46. The van der Waals surface area contributed by atoms with Crippen LogP contribution in [0.15, 0.2) is 18.3 Å². The van der Waals surface area contributed by atoms with E-state index in [1.54, 1.807) is 13.3 Å². The number of methoxy groups -OCH3 is 1. The molecule has 1 atom stereocenters. The molecule has 0 aromatic carbocycles. The second-order valence-electron chi connectivity index (χ2n) is 5.82. The van der Waals surface area contributed by atoms with Crippen molar-refractivity contribution in [2.75, 3.05) is 13.7 Å². The second kappa shape index (κ2) is 6.49. The summed E-state index contributed by atoms with van der Waals surface area (Å²) < 4.78 is 9.61. The van der Waals surface area contributed by atoms with Gasteiger partial charge in [-0.2, -0.15) is 0 Å². The fourth-order valence-corrected chi connectivity index (χ4v) is 3.16. The Morgan fingerprint density at radius 2 is 2.14 bits per heavy atom. The van der Waals surface area contributed by atoms with Crippen LogP contribution in [0.25, 0.3) is 0 Å². The molecule has 5 nitrogen and oxygen atoms in total. The molecule has 2 rings (SSSR count). The summed E-state index contributed by atoms with van der Waals surface area (Å²) in [5, 5.41) is 7.81. The average molecular weight is 306 g/mol. The van der Waals surface area contributed by atoms with Crippen molar-refractivity contribution < 1.29 is 4.74 Å². The minimum Gasteiger partial charge on any atom is -0.495 e. The van der Waals surface area contributed by atoms with Gasteiger partial charge in [-0.15, -0.1) is 5.10 Å². The number of rotatable bonds is 5. The number of ether oxygens (including phenoxy) is 1. The van der Waals surface area contributed by atoms with Crippen molar-refractivity contribution in [1.29, 1.82) is 0 Å². The van der Waals surface area contributed by atoms with Crippen LogP contribution < -0.4 is 10.1 Å². The van der Waals surface area contributed by atoms with Crippen molar-refractivity contribution in [2.45, 2.75) is 39.2 Å². The van der Waals surface area contributed by atoms with E-state index < -0.39 is 0 Å². The summed E-state index contributed by atoms with van der Waals surface area (Å²) in [6, 6.07) is 3.75. The summed E-state index contributed by atoms with van der Waals surface area (Å²) in [6.45, 7) is 9.34. The number of aromatic nitrogens is 3. The zero-order chi connectivity index (χ0) is 15.5. The van der Waals surface area contributed by atoms with E-state index in [-0.39, 0.29) is 11.5 Å². The Hall–Kier alpha value is -1.53. The van der Waals surface area contributed by atoms with Gasteiger partial charge in [0.1, 0.15) is 11.4 Å². The number of hydrogen-bond donors (Lipinski definition) is 1. The maximum atomic E-state index is 5.46. The molecule has 114 valence electrons. The molecule has 2 heterocycles. The Labute approximate surface area is 129 Å². The normalized spacial score (nSPS) is 13.2. The van der Waals surface area contributed by atoms with Gasteiger partial charge < -0.3 is 10.1 Å². The Balaban J connectivity index is 2.52. The lowest BCUT2D eigenvalue weighted by atomic mass is 9.89. The van der Waals surface area contributed by atoms with Crippen LogP contribution in [0, 0.1) is 0 Å². The molecule has 0 amide bonds. The Morgan fingerprint density at radius 1 is 1.38 bits per heavy atom. The van der Waals surface area contributed by atoms with E-state index in [0.29, 0.717) is 0 Å². The minimum absolute atomic E-state index is 0.0552. The molecule has 1 N–H and O–H groups in total. The van der Waals surface area contributed by atoms with E-state index in [4.69, 9.17) is 4.74 Å². The van der Waals surface area contributed by atoms with Crippen LogP contribution >= 0.6 is 11.5 Å². The van der Waals surface area contributed by atoms with Crippen molar-refractivity contribution in [2.24, 2.45) is 0 Å². The van der Waals surface area contributed by atoms with E-state index in [1.807, 2.05) is 12.1 Å². The van der Waals surface area contributed by atoms with Gasteiger partial charge in [0.15, 0.2) is 0 Å². The van der Waals surface area contributed by atoms with Crippen molar-refractivity contribution in [3.8, 4) is 5.75 Å². The summed E-state index contributed by atoms with van der Waals surface area (Å²) in [7, 11) is 1.67. The van der Waals surface area contributed by atoms with Gasteiger partial charge in [0.25, 0.3) is 0 Å². The molecule has 1 unspecified atom stereocenters. The highest BCUT2D eigenvalue weighted by Gasteiger charge is 2.29. The van der Waals surface area contributed by atoms with E-state index in [9.17, 15) is 0 Å². The molecule has 0 radical (unpaired) electrons. The third-order valence-electron chi connectivity index (χ3n) is 3.19. The van der Waals surface area contributed by atoms with Crippen LogP contribution in [0.3, 0.4) is 0 Å². The van der Waals surface area contributed by atoms with E-state index in [0.717, 1.165) is 28.6 Å². The molecule has 21 heavy (non-hydrogen) atoms. The molecule has 0 bridgehead atoms. The van der Waals surface area contributed by atoms with Gasteiger partial charge >= 0.3 is 0 Å². The highest BCUT2D eigenvalue weighted by atomic mass is 32.1. The number of hydrogen-bond acceptors (Lipinski definition) is 6. The monoisotopic (exact) mass is 306 g/mol. The van der Waals surface area contributed by atoms with Crippen LogP contribution in [0.5, 0.6) is 5.75 Å². The third-order valence-corrected chi connectivity index (χ3v) is 3.98. The Kier molecular flexibility index (Phi) is 4.90. The summed E-state index contributed by atoms with van der Waals surface area (Å²) in [5.74, 6) is 0.775. The third kappa shape index (κ3) is 3.39. The average Bonchev–Trinajstić information content (AvgIpc) is 2.94. The summed E-state index contributed by atoms with van der Waals surface area (Å²) >= 11 is 1.42. The molecular formula is C15H22N4OS. The first-order chi connectivity index (χ1) is 9.99. The summed E-state index contributed by atoms with van der Waals surface area (Å²) in [5.41, 5.74) is 1.82. The SMILES string of the molecule is CCNC(c1ncccc1OC)c1snnc1C(C)(C)C. The predicted molar refractivity (Wildman–Crippen MR) is 84.9 cm³/mol. The second-order valence-corrected chi connectivity index (χ2v) is 6.60. The molecule has 0 fully saturated rings. The van der Waals surface area contributed by atoms with Gasteiger partial charge in [-0.05, 0) is 30.2 Å². The lowest BCUT2D eigenvalue weighted by molar-refractivity contribution is 0.400. The first kappa shape index (κ1) is 15.9. The molecule has 0 aliphatic heterocycles. The lowest BCUT2D eigenvalue weighted by Gasteiger charge is -2.23. The van der Waals surface area contributed by atoms with Gasteiger partial charge in [0.2, 0.25) is 0 Å². The minimum atomic E-state index is -0.0575. The van der Waals surface area contributed by atoms with Crippen molar-refractivity contribution in [3.63, 3.8) is 0 Å². The first-order valence-electron chi connectivity index (χ1n) is 7.04. The zero-order valence-electron chi connectivity index (χ0n) is 13.2. The lowest BCUT2D eigenvalue weighted by Crippen LogP contribution is -2.26. The van der Waals surface area contributed by atoms with Gasteiger partial charge in [-0.25, -0.2) is 0 Å². The number of pyridine rings is 1. The quantitative estimate of drug-likeness (QED) is 0.920. The van der Waals surface area contributed by atoms with E-state index >= 15 is 0 Å². The van der Waals surface area contributed by atoms with Crippen LogP contribution in [-0.2, 0) is 5.41 Å². The predicted octanol–water partition coefficient (Wildman–Crippen LogP) is 2.94. The number of nitrogens with one attached hydrogen (secondary N) is 1. The smallest absolute Gasteiger partial charge is 0.142 e. The highest BCUT2D eigenvalue weighted by Crippen LogP contribution is 2.35. The molecule has 6 heteroatoms. The standard InChI is InChI=1S/C15H22N4OS/c1-6-16-12(11-10(20-5)8-7-9-17-11)13-14(15(2,3)4)18-19-21-13/h7-9,12,16H,6H2,1-5H3. The van der Waals surface area contributed by atoms with Crippen LogP contribution in [0.2, 0.25) is 0 Å². The Morgan fingerprint density at radius 3 is 2.76 bits per heavy atom. The van der Waals surface area contributed by atoms with Crippen molar-refractivity contribution in [1.82, 2.24) is 19.9 Å². The van der Waals surface area contributed by atoms with Crippen LogP contribution in [0.1, 0.15) is 50.0 Å². The molecule has 0 aliphatic rings. The summed E-state index contributed by atoms with van der Waals surface area (Å²) in [4.78, 5) is 5.61.